The summed E-state index contributed by atoms with van der Waals surface area (Å²) in [6.45, 7) is 13.5. The Morgan fingerprint density at radius 1 is 1.45 bits per heavy atom. The van der Waals surface area contributed by atoms with Crippen LogP contribution in [0.25, 0.3) is 0 Å². The number of furan rings is 1. The van der Waals surface area contributed by atoms with Crippen molar-refractivity contribution in [3.05, 3.63) is 24.2 Å². The van der Waals surface area contributed by atoms with Gasteiger partial charge in [-0.25, -0.2) is 0 Å². The molecule has 0 aromatic carbocycles. The Kier molecular flexibility index (Phi) is 6.07. The van der Waals surface area contributed by atoms with Crippen molar-refractivity contribution < 1.29 is 4.42 Å². The van der Waals surface area contributed by atoms with Crippen molar-refractivity contribution in [2.24, 2.45) is 0 Å². The highest BCUT2D eigenvalue weighted by atomic mass is 16.3. The normalized spacial score (nSPS) is 21.7. The van der Waals surface area contributed by atoms with E-state index >= 15 is 0 Å². The molecule has 4 nitrogen and oxygen atoms in total. The van der Waals surface area contributed by atoms with Crippen LogP contribution in [0.1, 0.15) is 33.0 Å². The van der Waals surface area contributed by atoms with Crippen LogP contribution in [0.3, 0.4) is 0 Å². The molecule has 2 heterocycles. The summed E-state index contributed by atoms with van der Waals surface area (Å²) in [6, 6.07) is 5.29. The number of hydrogen-bond donors (Lipinski definition) is 1. The topological polar surface area (TPSA) is 31.6 Å². The van der Waals surface area contributed by atoms with Crippen LogP contribution in [-0.4, -0.2) is 54.6 Å². The van der Waals surface area contributed by atoms with Crippen molar-refractivity contribution in [1.82, 2.24) is 15.1 Å². The van der Waals surface area contributed by atoms with Crippen LogP contribution in [0, 0.1) is 0 Å². The predicted octanol–water partition coefficient (Wildman–Crippen LogP) is 2.17. The largest absolute Gasteiger partial charge is 0.468 e. The molecular weight excluding hydrogens is 250 g/mol. The Bertz CT molecular complexity index is 362. The van der Waals surface area contributed by atoms with Crippen LogP contribution in [-0.2, 0) is 6.54 Å². The highest BCUT2D eigenvalue weighted by Gasteiger charge is 2.28. The Morgan fingerprint density at radius 2 is 2.25 bits per heavy atom. The van der Waals surface area contributed by atoms with Gasteiger partial charge in [0.2, 0.25) is 0 Å². The van der Waals surface area contributed by atoms with Gasteiger partial charge in [0.25, 0.3) is 0 Å². The van der Waals surface area contributed by atoms with Crippen molar-refractivity contribution in [1.29, 1.82) is 0 Å². The van der Waals surface area contributed by atoms with Gasteiger partial charge in [-0.2, -0.15) is 0 Å². The Hall–Kier alpha value is -0.840. The zero-order valence-electron chi connectivity index (χ0n) is 13.1. The second kappa shape index (κ2) is 7.81. The van der Waals surface area contributed by atoms with Gasteiger partial charge >= 0.3 is 0 Å². The molecule has 0 bridgehead atoms. The molecule has 0 amide bonds. The quantitative estimate of drug-likeness (QED) is 0.790. The molecule has 2 unspecified atom stereocenters. The summed E-state index contributed by atoms with van der Waals surface area (Å²) in [6.07, 6.45) is 3.04. The van der Waals surface area contributed by atoms with E-state index in [1.165, 1.54) is 32.6 Å². The number of likely N-dealkylation sites (tertiary alicyclic amines) is 1. The molecule has 1 aliphatic heterocycles. The third-order valence-electron chi connectivity index (χ3n) is 4.47. The van der Waals surface area contributed by atoms with E-state index in [0.717, 1.165) is 24.9 Å². The van der Waals surface area contributed by atoms with Gasteiger partial charge in [-0.3, -0.25) is 9.80 Å². The Balaban J connectivity index is 1.69. The average Bonchev–Trinajstić information content (AvgIpc) is 3.11. The molecule has 1 aromatic heterocycles. The molecule has 20 heavy (non-hydrogen) atoms. The summed E-state index contributed by atoms with van der Waals surface area (Å²) in [7, 11) is 0. The van der Waals surface area contributed by atoms with Crippen molar-refractivity contribution in [3.63, 3.8) is 0 Å². The smallest absolute Gasteiger partial charge is 0.117 e. The standard InChI is InChI=1S/C16H29N3O/c1-4-18(5-2)15-8-9-19(13-15)14(3)11-17-12-16-7-6-10-20-16/h6-7,10,14-15,17H,4-5,8-9,11-13H2,1-3H3. The summed E-state index contributed by atoms with van der Waals surface area (Å²) in [4.78, 5) is 5.20. The van der Waals surface area contributed by atoms with E-state index in [1.807, 2.05) is 12.1 Å². The molecule has 2 rings (SSSR count). The van der Waals surface area contributed by atoms with Crippen LogP contribution in [0.5, 0.6) is 0 Å². The molecule has 1 saturated heterocycles. The van der Waals surface area contributed by atoms with Crippen molar-refractivity contribution in [2.45, 2.75) is 45.8 Å². The first-order chi connectivity index (χ1) is 9.74. The van der Waals surface area contributed by atoms with Crippen LogP contribution < -0.4 is 5.32 Å². The molecule has 1 aromatic rings. The SMILES string of the molecule is CCN(CC)C1CCN(C(C)CNCc2ccco2)C1. The van der Waals surface area contributed by atoms with Gasteiger partial charge in [0, 0.05) is 31.7 Å². The number of nitrogens with zero attached hydrogens (tertiary/aromatic N) is 2. The number of rotatable bonds is 8. The fraction of sp³-hybridized carbons (Fsp3) is 0.750. The second-order valence-electron chi connectivity index (χ2n) is 5.72. The second-order valence-corrected chi connectivity index (χ2v) is 5.72. The van der Waals surface area contributed by atoms with E-state index in [2.05, 4.69) is 35.9 Å². The molecule has 0 aliphatic carbocycles. The van der Waals surface area contributed by atoms with E-state index in [-0.39, 0.29) is 0 Å². The van der Waals surface area contributed by atoms with Crippen molar-refractivity contribution in [3.8, 4) is 0 Å². The van der Waals surface area contributed by atoms with Crippen molar-refractivity contribution in [2.75, 3.05) is 32.7 Å². The minimum Gasteiger partial charge on any atom is -0.468 e. The maximum Gasteiger partial charge on any atom is 0.117 e. The molecular formula is C16H29N3O. The Labute approximate surface area is 123 Å². The minimum atomic E-state index is 0.588. The highest BCUT2D eigenvalue weighted by molar-refractivity contribution is 4.97. The van der Waals surface area contributed by atoms with E-state index in [4.69, 9.17) is 4.42 Å². The van der Waals surface area contributed by atoms with Crippen LogP contribution in [0.15, 0.2) is 22.8 Å². The maximum atomic E-state index is 5.34. The maximum absolute atomic E-state index is 5.34. The number of nitrogens with one attached hydrogen (secondary N) is 1. The van der Waals surface area contributed by atoms with Gasteiger partial charge in [-0.15, -0.1) is 0 Å². The summed E-state index contributed by atoms with van der Waals surface area (Å²) >= 11 is 0. The molecule has 4 heteroatoms. The van der Waals surface area contributed by atoms with Crippen molar-refractivity contribution >= 4 is 0 Å². The van der Waals surface area contributed by atoms with Crippen LogP contribution in [0.4, 0.5) is 0 Å². The fourth-order valence-electron chi connectivity index (χ4n) is 3.15. The van der Waals surface area contributed by atoms with Gasteiger partial charge in [0.15, 0.2) is 0 Å². The fourth-order valence-corrected chi connectivity index (χ4v) is 3.15. The molecule has 1 N–H and O–H groups in total. The monoisotopic (exact) mass is 279 g/mol. The van der Waals surface area contributed by atoms with E-state index in [0.29, 0.717) is 6.04 Å². The summed E-state index contributed by atoms with van der Waals surface area (Å²) in [5, 5.41) is 3.49. The lowest BCUT2D eigenvalue weighted by atomic mass is 10.2. The molecule has 114 valence electrons. The van der Waals surface area contributed by atoms with E-state index in [1.54, 1.807) is 6.26 Å². The number of hydrogen-bond acceptors (Lipinski definition) is 4. The lowest BCUT2D eigenvalue weighted by molar-refractivity contribution is 0.190. The van der Waals surface area contributed by atoms with Crippen LogP contribution >= 0.6 is 0 Å². The van der Waals surface area contributed by atoms with Gasteiger partial charge in [-0.1, -0.05) is 13.8 Å². The molecule has 0 spiro atoms. The Morgan fingerprint density at radius 3 is 2.90 bits per heavy atom. The number of likely N-dealkylation sites (N-methyl/N-ethyl adjacent to an activating group) is 1. The first-order valence-electron chi connectivity index (χ1n) is 7.95. The summed E-state index contributed by atoms with van der Waals surface area (Å²) in [5.74, 6) is 1.01. The van der Waals surface area contributed by atoms with E-state index < -0.39 is 0 Å². The molecule has 1 fully saturated rings. The summed E-state index contributed by atoms with van der Waals surface area (Å²) in [5.41, 5.74) is 0. The minimum absolute atomic E-state index is 0.588. The lowest BCUT2D eigenvalue weighted by Crippen LogP contribution is -2.42. The van der Waals surface area contributed by atoms with Crippen LogP contribution in [0.2, 0.25) is 0 Å². The molecule has 0 radical (unpaired) electrons. The zero-order chi connectivity index (χ0) is 14.4. The van der Waals surface area contributed by atoms with Gasteiger partial charge in [0.05, 0.1) is 12.8 Å². The predicted molar refractivity (Wildman–Crippen MR) is 82.8 cm³/mol. The zero-order valence-corrected chi connectivity index (χ0v) is 13.1. The van der Waals surface area contributed by atoms with Gasteiger partial charge in [-0.05, 0) is 38.6 Å². The highest BCUT2D eigenvalue weighted by Crippen LogP contribution is 2.17. The van der Waals surface area contributed by atoms with Gasteiger partial charge in [0.1, 0.15) is 5.76 Å². The average molecular weight is 279 g/mol. The van der Waals surface area contributed by atoms with E-state index in [9.17, 15) is 0 Å². The summed E-state index contributed by atoms with van der Waals surface area (Å²) < 4.78 is 5.34. The van der Waals surface area contributed by atoms with Gasteiger partial charge < -0.3 is 9.73 Å². The first kappa shape index (κ1) is 15.5. The third kappa shape index (κ3) is 4.08. The molecule has 0 saturated carbocycles. The lowest BCUT2D eigenvalue weighted by Gasteiger charge is -2.28. The molecule has 2 atom stereocenters. The molecule has 1 aliphatic rings. The third-order valence-corrected chi connectivity index (χ3v) is 4.47. The first-order valence-corrected chi connectivity index (χ1v) is 7.95.